The van der Waals surface area contributed by atoms with E-state index in [0.717, 1.165) is 11.8 Å². The van der Waals surface area contributed by atoms with Gasteiger partial charge in [-0.1, -0.05) is 13.8 Å². The van der Waals surface area contributed by atoms with Crippen molar-refractivity contribution in [2.24, 2.45) is 0 Å². The molecule has 0 aliphatic carbocycles. The first-order valence-electron chi connectivity index (χ1n) is 5.20. The smallest absolute Gasteiger partial charge is 0.231 e. The van der Waals surface area contributed by atoms with Crippen molar-refractivity contribution in [1.82, 2.24) is 0 Å². The number of carbonyl (C=O) groups excluding carboxylic acids is 1. The Morgan fingerprint density at radius 1 is 1.47 bits per heavy atom. The van der Waals surface area contributed by atoms with Gasteiger partial charge in [-0.25, -0.2) is 0 Å². The number of halogens is 1. The lowest BCUT2D eigenvalue weighted by Crippen LogP contribution is -2.22. The molecule has 1 aromatic carbocycles. The lowest BCUT2D eigenvalue weighted by Gasteiger charge is -2.24. The Bertz CT molecular complexity index is 468. The van der Waals surface area contributed by atoms with Gasteiger partial charge in [0.2, 0.25) is 6.79 Å². The van der Waals surface area contributed by atoms with Crippen LogP contribution in [0.15, 0.2) is 10.5 Å². The first-order valence-corrected chi connectivity index (χ1v) is 5.99. The van der Waals surface area contributed by atoms with E-state index in [4.69, 9.17) is 9.47 Å². The molecule has 92 valence electrons. The van der Waals surface area contributed by atoms with Crippen LogP contribution in [0.2, 0.25) is 0 Å². The predicted octanol–water partition coefficient (Wildman–Crippen LogP) is 2.26. The molecule has 17 heavy (non-hydrogen) atoms. The number of fused-ring (bicyclic) bond motifs is 1. The van der Waals surface area contributed by atoms with Crippen LogP contribution in [-0.2, 0) is 5.41 Å². The quantitative estimate of drug-likeness (QED) is 0.870. The fraction of sp³-hybridized carbons (Fsp3) is 0.417. The minimum atomic E-state index is -0.457. The van der Waals surface area contributed by atoms with Crippen molar-refractivity contribution in [3.63, 3.8) is 0 Å². The molecule has 0 bridgehead atoms. The molecular formula is C12H13BrO4. The summed E-state index contributed by atoms with van der Waals surface area (Å²) in [6.45, 7) is 3.88. The van der Waals surface area contributed by atoms with Crippen LogP contribution in [0, 0.1) is 0 Å². The second-order valence-corrected chi connectivity index (χ2v) is 5.40. The molecule has 0 aromatic heterocycles. The molecule has 0 atom stereocenters. The summed E-state index contributed by atoms with van der Waals surface area (Å²) in [5.74, 6) is 1.00. The second-order valence-electron chi connectivity index (χ2n) is 4.54. The lowest BCUT2D eigenvalue weighted by atomic mass is 9.84. The van der Waals surface area contributed by atoms with Crippen molar-refractivity contribution in [2.45, 2.75) is 19.3 Å². The van der Waals surface area contributed by atoms with Crippen LogP contribution in [0.1, 0.15) is 29.8 Å². The molecule has 4 nitrogen and oxygen atoms in total. The molecule has 0 radical (unpaired) electrons. The molecule has 0 saturated carbocycles. The summed E-state index contributed by atoms with van der Waals surface area (Å²) in [7, 11) is 0. The van der Waals surface area contributed by atoms with E-state index in [-0.39, 0.29) is 13.4 Å². The Morgan fingerprint density at radius 3 is 2.71 bits per heavy atom. The summed E-state index contributed by atoms with van der Waals surface area (Å²) in [5.41, 5.74) is 0.807. The standard InChI is InChI=1S/C12H13BrO4/c1-12(2,5-15)8-3-9(13)7(4-14)10-11(8)17-6-16-10/h3-4,15H,5-6H2,1-2H3. The second kappa shape index (κ2) is 4.31. The molecule has 1 N–H and O–H groups in total. The number of benzene rings is 1. The van der Waals surface area contributed by atoms with Gasteiger partial charge in [0.1, 0.15) is 0 Å². The number of aliphatic hydroxyl groups is 1. The topological polar surface area (TPSA) is 55.8 Å². The minimum Gasteiger partial charge on any atom is -0.453 e. The molecule has 0 saturated heterocycles. The highest BCUT2D eigenvalue weighted by Crippen LogP contribution is 2.46. The van der Waals surface area contributed by atoms with Crippen molar-refractivity contribution < 1.29 is 19.4 Å². The summed E-state index contributed by atoms with van der Waals surface area (Å²) < 4.78 is 11.4. The van der Waals surface area contributed by atoms with E-state index in [1.807, 2.05) is 13.8 Å². The van der Waals surface area contributed by atoms with Crippen molar-refractivity contribution in [3.8, 4) is 11.5 Å². The zero-order valence-electron chi connectivity index (χ0n) is 9.62. The van der Waals surface area contributed by atoms with E-state index in [0.29, 0.717) is 21.5 Å². The van der Waals surface area contributed by atoms with Crippen LogP contribution >= 0.6 is 15.9 Å². The van der Waals surface area contributed by atoms with E-state index < -0.39 is 5.41 Å². The molecule has 0 spiro atoms. The highest BCUT2D eigenvalue weighted by molar-refractivity contribution is 9.10. The maximum atomic E-state index is 11.0. The first kappa shape index (κ1) is 12.4. The van der Waals surface area contributed by atoms with Gasteiger partial charge in [-0.2, -0.15) is 0 Å². The molecule has 2 rings (SSSR count). The van der Waals surface area contributed by atoms with E-state index >= 15 is 0 Å². The van der Waals surface area contributed by atoms with Gasteiger partial charge in [0.15, 0.2) is 17.8 Å². The fourth-order valence-corrected chi connectivity index (χ4v) is 2.26. The van der Waals surface area contributed by atoms with E-state index in [1.54, 1.807) is 6.07 Å². The predicted molar refractivity (Wildman–Crippen MR) is 65.8 cm³/mol. The largest absolute Gasteiger partial charge is 0.453 e. The number of rotatable bonds is 3. The fourth-order valence-electron chi connectivity index (χ4n) is 1.75. The van der Waals surface area contributed by atoms with Gasteiger partial charge in [0, 0.05) is 15.5 Å². The normalized spacial score (nSPS) is 13.9. The Hall–Kier alpha value is -1.07. The molecule has 1 aliphatic rings. The summed E-state index contributed by atoms with van der Waals surface area (Å²) in [4.78, 5) is 11.0. The van der Waals surface area contributed by atoms with E-state index in [2.05, 4.69) is 15.9 Å². The highest BCUT2D eigenvalue weighted by atomic mass is 79.9. The van der Waals surface area contributed by atoms with Crippen LogP contribution in [0.4, 0.5) is 0 Å². The lowest BCUT2D eigenvalue weighted by molar-refractivity contribution is 0.111. The van der Waals surface area contributed by atoms with Gasteiger partial charge in [0.25, 0.3) is 0 Å². The Balaban J connectivity index is 2.68. The van der Waals surface area contributed by atoms with Crippen LogP contribution in [-0.4, -0.2) is 24.8 Å². The minimum absolute atomic E-state index is 0.0182. The van der Waals surface area contributed by atoms with Crippen LogP contribution in [0.25, 0.3) is 0 Å². The molecule has 5 heteroatoms. The third kappa shape index (κ3) is 1.93. The first-order chi connectivity index (χ1) is 8.01. The average Bonchev–Trinajstić information content (AvgIpc) is 2.76. The molecule has 1 heterocycles. The van der Waals surface area contributed by atoms with E-state index in [1.165, 1.54) is 0 Å². The number of aldehydes is 1. The SMILES string of the molecule is CC(C)(CO)c1cc(Br)c(C=O)c2c1OCO2. The number of aliphatic hydroxyl groups excluding tert-OH is 1. The maximum Gasteiger partial charge on any atom is 0.231 e. The number of ether oxygens (including phenoxy) is 2. The van der Waals surface area contributed by atoms with Crippen molar-refractivity contribution in [2.75, 3.05) is 13.4 Å². The molecule has 1 aliphatic heterocycles. The third-order valence-corrected chi connectivity index (χ3v) is 3.53. The molecular weight excluding hydrogens is 288 g/mol. The van der Waals surface area contributed by atoms with Crippen LogP contribution in [0.5, 0.6) is 11.5 Å². The number of hydrogen-bond donors (Lipinski definition) is 1. The van der Waals surface area contributed by atoms with Gasteiger partial charge in [-0.15, -0.1) is 0 Å². The van der Waals surface area contributed by atoms with Crippen molar-refractivity contribution in [1.29, 1.82) is 0 Å². The van der Waals surface area contributed by atoms with Crippen LogP contribution < -0.4 is 9.47 Å². The zero-order chi connectivity index (χ0) is 12.6. The number of carbonyl (C=O) groups is 1. The van der Waals surface area contributed by atoms with Crippen molar-refractivity contribution >= 4 is 22.2 Å². The molecule has 0 fully saturated rings. The van der Waals surface area contributed by atoms with Gasteiger partial charge >= 0.3 is 0 Å². The monoisotopic (exact) mass is 300 g/mol. The summed E-state index contributed by atoms with van der Waals surface area (Å²) in [6, 6.07) is 1.80. The Morgan fingerprint density at radius 2 is 2.12 bits per heavy atom. The van der Waals surface area contributed by atoms with Gasteiger partial charge in [0.05, 0.1) is 12.2 Å². The van der Waals surface area contributed by atoms with Crippen molar-refractivity contribution in [3.05, 3.63) is 21.7 Å². The van der Waals surface area contributed by atoms with Gasteiger partial charge < -0.3 is 14.6 Å². The average molecular weight is 301 g/mol. The summed E-state index contributed by atoms with van der Waals surface area (Å²) >= 11 is 3.33. The Kier molecular flexibility index (Phi) is 3.14. The molecule has 0 unspecified atom stereocenters. The highest BCUT2D eigenvalue weighted by Gasteiger charge is 2.31. The maximum absolute atomic E-state index is 11.0. The Labute approximate surface area is 108 Å². The van der Waals surface area contributed by atoms with Gasteiger partial charge in [-0.3, -0.25) is 4.79 Å². The summed E-state index contributed by atoms with van der Waals surface area (Å²) in [6.07, 6.45) is 0.729. The zero-order valence-corrected chi connectivity index (χ0v) is 11.2. The van der Waals surface area contributed by atoms with Crippen LogP contribution in [0.3, 0.4) is 0 Å². The molecule has 1 aromatic rings. The third-order valence-electron chi connectivity index (χ3n) is 2.87. The van der Waals surface area contributed by atoms with E-state index in [9.17, 15) is 9.90 Å². The number of hydrogen-bond acceptors (Lipinski definition) is 4. The van der Waals surface area contributed by atoms with Gasteiger partial charge in [-0.05, 0) is 22.0 Å². The molecule has 0 amide bonds. The summed E-state index contributed by atoms with van der Waals surface area (Å²) in [5, 5.41) is 9.41.